The fraction of sp³-hybridized carbons (Fsp3) is 0.882. The van der Waals surface area contributed by atoms with Gasteiger partial charge in [-0.25, -0.2) is 4.79 Å². The first-order valence-electron chi connectivity index (χ1n) is 9.39. The monoisotopic (exact) mass is 393 g/mol. The van der Waals surface area contributed by atoms with Crippen LogP contribution in [-0.4, -0.2) is 74.1 Å². The molecule has 10 heteroatoms. The van der Waals surface area contributed by atoms with Crippen molar-refractivity contribution in [2.24, 2.45) is 5.92 Å². The van der Waals surface area contributed by atoms with E-state index in [9.17, 15) is 22.8 Å². The number of carbonyl (C=O) groups is 2. The van der Waals surface area contributed by atoms with Crippen LogP contribution in [0.3, 0.4) is 0 Å². The predicted molar refractivity (Wildman–Crippen MR) is 89.0 cm³/mol. The molecule has 1 saturated carbocycles. The highest BCUT2D eigenvalue weighted by Gasteiger charge is 2.55. The van der Waals surface area contributed by atoms with Crippen LogP contribution in [0.15, 0.2) is 0 Å². The Morgan fingerprint density at radius 3 is 2.52 bits per heavy atom. The average Bonchev–Trinajstić information content (AvgIpc) is 3.21. The lowest BCUT2D eigenvalue weighted by atomic mass is 9.95. The van der Waals surface area contributed by atoms with Gasteiger partial charge in [0.25, 0.3) is 0 Å². The largest absolute Gasteiger partial charge is 0.471 e. The van der Waals surface area contributed by atoms with E-state index in [4.69, 9.17) is 9.47 Å². The molecular weight excluding hydrogens is 367 g/mol. The molecule has 154 valence electrons. The Morgan fingerprint density at radius 1 is 1.19 bits per heavy atom. The molecule has 4 atom stereocenters. The molecule has 0 aromatic heterocycles. The van der Waals surface area contributed by atoms with Crippen molar-refractivity contribution in [1.82, 2.24) is 15.5 Å². The third-order valence-electron chi connectivity index (χ3n) is 5.85. The number of nitrogens with one attached hydrogen (secondary N) is 2. The average molecular weight is 393 g/mol. The highest BCUT2D eigenvalue weighted by atomic mass is 19.4. The highest BCUT2D eigenvalue weighted by molar-refractivity contribution is 5.82. The number of alkyl halides is 3. The number of likely N-dealkylation sites (tertiary alicyclic amines) is 1. The van der Waals surface area contributed by atoms with Gasteiger partial charge in [0.15, 0.2) is 0 Å². The summed E-state index contributed by atoms with van der Waals surface area (Å²) in [6.07, 6.45) is -1.82. The lowest BCUT2D eigenvalue weighted by molar-refractivity contribution is -0.175. The van der Waals surface area contributed by atoms with E-state index < -0.39 is 30.3 Å². The first-order valence-corrected chi connectivity index (χ1v) is 9.39. The van der Waals surface area contributed by atoms with Crippen LogP contribution in [0, 0.1) is 5.92 Å². The number of fused-ring (bicyclic) bond motifs is 1. The summed E-state index contributed by atoms with van der Waals surface area (Å²) in [7, 11) is 1.25. The second-order valence-corrected chi connectivity index (χ2v) is 7.39. The first-order chi connectivity index (χ1) is 12.8. The van der Waals surface area contributed by atoms with E-state index in [0.29, 0.717) is 12.8 Å². The molecule has 0 spiro atoms. The summed E-state index contributed by atoms with van der Waals surface area (Å²) in [5.74, 6) is -2.20. The second kappa shape index (κ2) is 8.22. The van der Waals surface area contributed by atoms with E-state index in [-0.39, 0.29) is 24.7 Å². The summed E-state index contributed by atoms with van der Waals surface area (Å²) in [6.45, 7) is 1.71. The molecule has 2 amide bonds. The molecule has 0 radical (unpaired) electrons. The normalized spacial score (nSPS) is 31.6. The minimum atomic E-state index is -4.97. The Labute approximate surface area is 155 Å². The lowest BCUT2D eigenvalue weighted by Gasteiger charge is -2.32. The molecule has 3 aliphatic rings. The van der Waals surface area contributed by atoms with Crippen molar-refractivity contribution in [2.75, 3.05) is 26.8 Å². The molecule has 2 heterocycles. The van der Waals surface area contributed by atoms with Crippen molar-refractivity contribution in [3.63, 3.8) is 0 Å². The predicted octanol–water partition coefficient (Wildman–Crippen LogP) is 1.42. The van der Waals surface area contributed by atoms with E-state index in [2.05, 4.69) is 10.6 Å². The number of piperidine rings is 1. The number of halogens is 3. The molecule has 3 rings (SSSR count). The van der Waals surface area contributed by atoms with Crippen molar-refractivity contribution in [3.05, 3.63) is 0 Å². The highest BCUT2D eigenvalue weighted by Crippen LogP contribution is 2.42. The lowest BCUT2D eigenvalue weighted by Crippen LogP contribution is -2.54. The molecule has 3 fully saturated rings. The number of hydrogen-bond acceptors (Lipinski definition) is 5. The fourth-order valence-electron chi connectivity index (χ4n) is 4.63. The van der Waals surface area contributed by atoms with Crippen molar-refractivity contribution in [3.8, 4) is 0 Å². The summed E-state index contributed by atoms with van der Waals surface area (Å²) in [4.78, 5) is 25.4. The fourth-order valence-corrected chi connectivity index (χ4v) is 4.63. The summed E-state index contributed by atoms with van der Waals surface area (Å²) < 4.78 is 49.3. The summed E-state index contributed by atoms with van der Waals surface area (Å²) >= 11 is 0. The van der Waals surface area contributed by atoms with Gasteiger partial charge in [-0.15, -0.1) is 0 Å². The van der Waals surface area contributed by atoms with Crippen molar-refractivity contribution >= 4 is 12.0 Å². The quantitative estimate of drug-likeness (QED) is 0.755. The zero-order chi connectivity index (χ0) is 19.6. The van der Waals surface area contributed by atoms with Crippen molar-refractivity contribution in [2.45, 2.75) is 62.5 Å². The molecule has 0 aromatic rings. The Kier molecular flexibility index (Phi) is 6.15. The van der Waals surface area contributed by atoms with E-state index in [1.807, 2.05) is 0 Å². The van der Waals surface area contributed by atoms with Crippen LogP contribution < -0.4 is 10.6 Å². The molecule has 2 N–H and O–H groups in total. The Hall–Kier alpha value is -1.55. The third-order valence-corrected chi connectivity index (χ3v) is 5.85. The van der Waals surface area contributed by atoms with Gasteiger partial charge in [0, 0.05) is 12.0 Å². The minimum absolute atomic E-state index is 0.00912. The SMILES string of the molecule is COC(=O)N1[C@@H]2CCC[C@@H]2[C@H](NC(=O)C(F)(F)F)[C@@H]1COC1CCNCC1. The number of amides is 2. The molecule has 0 unspecified atom stereocenters. The summed E-state index contributed by atoms with van der Waals surface area (Å²) in [6, 6.07) is -1.71. The summed E-state index contributed by atoms with van der Waals surface area (Å²) in [5, 5.41) is 5.35. The molecule has 2 saturated heterocycles. The first kappa shape index (κ1) is 20.2. The van der Waals surface area contributed by atoms with Crippen LogP contribution >= 0.6 is 0 Å². The number of nitrogens with zero attached hydrogens (tertiary/aromatic N) is 1. The smallest absolute Gasteiger partial charge is 0.453 e. The van der Waals surface area contributed by atoms with Gasteiger partial charge in [-0.1, -0.05) is 6.42 Å². The number of rotatable bonds is 4. The van der Waals surface area contributed by atoms with Crippen LogP contribution in [0.1, 0.15) is 32.1 Å². The van der Waals surface area contributed by atoms with Crippen molar-refractivity contribution in [1.29, 1.82) is 0 Å². The van der Waals surface area contributed by atoms with Gasteiger partial charge in [0.1, 0.15) is 0 Å². The Bertz CT molecular complexity index is 554. The van der Waals surface area contributed by atoms with E-state index in [1.165, 1.54) is 12.0 Å². The van der Waals surface area contributed by atoms with Crippen LogP contribution in [-0.2, 0) is 14.3 Å². The van der Waals surface area contributed by atoms with Gasteiger partial charge >= 0.3 is 18.2 Å². The zero-order valence-corrected chi connectivity index (χ0v) is 15.3. The van der Waals surface area contributed by atoms with Gasteiger partial charge < -0.3 is 20.1 Å². The molecule has 2 aliphatic heterocycles. The summed E-state index contributed by atoms with van der Waals surface area (Å²) in [5.41, 5.74) is 0. The maximum Gasteiger partial charge on any atom is 0.471 e. The number of ether oxygens (including phenoxy) is 2. The molecular formula is C17H26F3N3O4. The van der Waals surface area contributed by atoms with Gasteiger partial charge in [-0.05, 0) is 38.8 Å². The van der Waals surface area contributed by atoms with Crippen LogP contribution in [0.25, 0.3) is 0 Å². The minimum Gasteiger partial charge on any atom is -0.453 e. The standard InChI is InChI=1S/C17H26F3N3O4/c1-26-16(25)23-12-4-2-3-11(12)14(22-15(24)17(18,19)20)13(23)9-27-10-5-7-21-8-6-10/h10-14,21H,2-9H2,1H3,(H,22,24)/t11-,12+,13-,14-/m0/s1. The van der Waals surface area contributed by atoms with Gasteiger partial charge in [-0.3, -0.25) is 9.69 Å². The van der Waals surface area contributed by atoms with Gasteiger partial charge in [0.05, 0.1) is 31.9 Å². The van der Waals surface area contributed by atoms with E-state index >= 15 is 0 Å². The molecule has 1 aliphatic carbocycles. The van der Waals surface area contributed by atoms with E-state index in [1.54, 1.807) is 0 Å². The van der Waals surface area contributed by atoms with Gasteiger partial charge in [0.2, 0.25) is 0 Å². The Balaban J connectivity index is 1.77. The Morgan fingerprint density at radius 2 is 1.89 bits per heavy atom. The second-order valence-electron chi connectivity index (χ2n) is 7.39. The number of methoxy groups -OCH3 is 1. The molecule has 7 nitrogen and oxygen atoms in total. The molecule has 27 heavy (non-hydrogen) atoms. The maximum atomic E-state index is 12.8. The number of hydrogen-bond donors (Lipinski definition) is 2. The molecule has 0 aromatic carbocycles. The number of carbonyl (C=O) groups excluding carboxylic acids is 2. The van der Waals surface area contributed by atoms with Crippen LogP contribution in [0.2, 0.25) is 0 Å². The molecule has 0 bridgehead atoms. The zero-order valence-electron chi connectivity index (χ0n) is 15.3. The van der Waals surface area contributed by atoms with Crippen molar-refractivity contribution < 1.29 is 32.2 Å². The third kappa shape index (κ3) is 4.31. The maximum absolute atomic E-state index is 12.8. The van der Waals surface area contributed by atoms with Gasteiger partial charge in [-0.2, -0.15) is 13.2 Å². The topological polar surface area (TPSA) is 79.9 Å². The van der Waals surface area contributed by atoms with Crippen LogP contribution in [0.4, 0.5) is 18.0 Å². The van der Waals surface area contributed by atoms with Crippen LogP contribution in [0.5, 0.6) is 0 Å². The van der Waals surface area contributed by atoms with E-state index in [0.717, 1.165) is 32.4 Å².